The van der Waals surface area contributed by atoms with Gasteiger partial charge in [-0.3, -0.25) is 0 Å². The molecule has 1 nitrogen and oxygen atoms in total. The molecule has 0 atom stereocenters. The van der Waals surface area contributed by atoms with E-state index in [1.54, 1.807) is 0 Å². The maximum atomic E-state index is 3.48. The van der Waals surface area contributed by atoms with Gasteiger partial charge in [-0.05, 0) is 30.7 Å². The number of nitrogens with one attached hydrogen (secondary N) is 1. The third-order valence-corrected chi connectivity index (χ3v) is 2.92. The summed E-state index contributed by atoms with van der Waals surface area (Å²) in [6.45, 7) is 4.35. The van der Waals surface area contributed by atoms with E-state index in [2.05, 4.69) is 52.4 Å². The summed E-state index contributed by atoms with van der Waals surface area (Å²) < 4.78 is 1.16. The van der Waals surface area contributed by atoms with Crippen molar-refractivity contribution in [2.45, 2.75) is 39.2 Å². The minimum atomic E-state index is 0. The van der Waals surface area contributed by atoms with Crippen molar-refractivity contribution in [2.75, 3.05) is 6.54 Å². The number of halogens is 2. The zero-order valence-corrected chi connectivity index (χ0v) is 12.1. The molecule has 92 valence electrons. The maximum absolute atomic E-state index is 3.48. The smallest absolute Gasteiger partial charge is 0.0205 e. The van der Waals surface area contributed by atoms with Gasteiger partial charge in [0, 0.05) is 11.0 Å². The standard InChI is InChI=1S/C13H20BrN.ClH/c1-2-3-4-5-9-15-11-12-7-6-8-13(14)10-12;/h6-8,10,15H,2-5,9,11H2,1H3;1H/p-1. The molecule has 0 aliphatic heterocycles. The fraction of sp³-hybridized carbons (Fsp3) is 0.538. The van der Waals surface area contributed by atoms with Gasteiger partial charge in [0.15, 0.2) is 0 Å². The van der Waals surface area contributed by atoms with Gasteiger partial charge >= 0.3 is 0 Å². The SMILES string of the molecule is CCCCCCNCc1cccc(Br)c1.[Cl-]. The van der Waals surface area contributed by atoms with Crippen LogP contribution in [0.3, 0.4) is 0 Å². The average Bonchev–Trinajstić information content (AvgIpc) is 2.23. The van der Waals surface area contributed by atoms with E-state index in [0.717, 1.165) is 17.6 Å². The Hall–Kier alpha value is -0.0500. The van der Waals surface area contributed by atoms with Crippen LogP contribution in [0.5, 0.6) is 0 Å². The summed E-state index contributed by atoms with van der Waals surface area (Å²) in [6, 6.07) is 8.46. The van der Waals surface area contributed by atoms with Crippen molar-refractivity contribution in [3.8, 4) is 0 Å². The molecule has 0 aliphatic carbocycles. The Bertz CT molecular complexity index is 278. The van der Waals surface area contributed by atoms with Crippen LogP contribution in [-0.2, 0) is 6.54 Å². The molecule has 16 heavy (non-hydrogen) atoms. The molecular weight excluding hydrogens is 286 g/mol. The summed E-state index contributed by atoms with van der Waals surface area (Å²) in [6.07, 6.45) is 5.31. The van der Waals surface area contributed by atoms with Gasteiger partial charge < -0.3 is 17.7 Å². The molecule has 1 aromatic carbocycles. The lowest BCUT2D eigenvalue weighted by Gasteiger charge is -2.04. The van der Waals surface area contributed by atoms with Crippen molar-refractivity contribution in [1.82, 2.24) is 5.32 Å². The highest BCUT2D eigenvalue weighted by molar-refractivity contribution is 9.10. The molecule has 0 radical (unpaired) electrons. The molecule has 0 aliphatic rings. The lowest BCUT2D eigenvalue weighted by atomic mass is 10.2. The second-order valence-electron chi connectivity index (χ2n) is 3.87. The molecule has 0 unspecified atom stereocenters. The molecule has 0 amide bonds. The Balaban J connectivity index is 0.00000225. The molecule has 3 heteroatoms. The van der Waals surface area contributed by atoms with Crippen molar-refractivity contribution in [2.24, 2.45) is 0 Å². The van der Waals surface area contributed by atoms with E-state index in [0.29, 0.717) is 0 Å². The van der Waals surface area contributed by atoms with Crippen molar-refractivity contribution in [3.05, 3.63) is 34.3 Å². The van der Waals surface area contributed by atoms with Crippen molar-refractivity contribution < 1.29 is 12.4 Å². The first-order valence-corrected chi connectivity index (χ1v) is 6.57. The minimum Gasteiger partial charge on any atom is -1.00 e. The van der Waals surface area contributed by atoms with Gasteiger partial charge in [0.05, 0.1) is 0 Å². The maximum Gasteiger partial charge on any atom is 0.0205 e. The largest absolute Gasteiger partial charge is 1.00 e. The molecule has 1 rings (SSSR count). The lowest BCUT2D eigenvalue weighted by molar-refractivity contribution is -0.00000312. The summed E-state index contributed by atoms with van der Waals surface area (Å²) >= 11 is 3.48. The van der Waals surface area contributed by atoms with Crippen LogP contribution in [0, 0.1) is 0 Å². The first-order valence-electron chi connectivity index (χ1n) is 5.78. The third-order valence-electron chi connectivity index (χ3n) is 2.43. The fourth-order valence-electron chi connectivity index (χ4n) is 1.56. The highest BCUT2D eigenvalue weighted by Crippen LogP contribution is 2.11. The quantitative estimate of drug-likeness (QED) is 0.745. The molecule has 0 aromatic heterocycles. The molecular formula is C13H20BrClN-. The zero-order valence-electron chi connectivity index (χ0n) is 9.81. The highest BCUT2D eigenvalue weighted by Gasteiger charge is 1.93. The minimum absolute atomic E-state index is 0. The second-order valence-corrected chi connectivity index (χ2v) is 4.78. The third kappa shape index (κ3) is 7.26. The van der Waals surface area contributed by atoms with Gasteiger partial charge in [-0.25, -0.2) is 0 Å². The van der Waals surface area contributed by atoms with Crippen molar-refractivity contribution >= 4 is 15.9 Å². The van der Waals surface area contributed by atoms with E-state index in [1.165, 1.54) is 31.2 Å². The average molecular weight is 306 g/mol. The molecule has 1 N–H and O–H groups in total. The molecule has 0 saturated carbocycles. The Morgan fingerprint density at radius 2 is 2.00 bits per heavy atom. The van der Waals surface area contributed by atoms with E-state index in [9.17, 15) is 0 Å². The van der Waals surface area contributed by atoms with Crippen LogP contribution >= 0.6 is 15.9 Å². The summed E-state index contributed by atoms with van der Waals surface area (Å²) in [7, 11) is 0. The Labute approximate surface area is 114 Å². The number of benzene rings is 1. The highest BCUT2D eigenvalue weighted by atomic mass is 79.9. The van der Waals surface area contributed by atoms with Crippen LogP contribution in [0.2, 0.25) is 0 Å². The summed E-state index contributed by atoms with van der Waals surface area (Å²) in [5.41, 5.74) is 1.35. The summed E-state index contributed by atoms with van der Waals surface area (Å²) in [5, 5.41) is 3.47. The van der Waals surface area contributed by atoms with Crippen LogP contribution in [-0.4, -0.2) is 6.54 Å². The van der Waals surface area contributed by atoms with Crippen LogP contribution in [0.15, 0.2) is 28.7 Å². The fourth-order valence-corrected chi connectivity index (χ4v) is 2.00. The zero-order chi connectivity index (χ0) is 10.9. The topological polar surface area (TPSA) is 12.0 Å². The predicted octanol–water partition coefficient (Wildman–Crippen LogP) is 1.12. The summed E-state index contributed by atoms with van der Waals surface area (Å²) in [4.78, 5) is 0. The van der Waals surface area contributed by atoms with E-state index >= 15 is 0 Å². The number of unbranched alkanes of at least 4 members (excludes halogenated alkanes) is 3. The van der Waals surface area contributed by atoms with Gasteiger partial charge in [0.25, 0.3) is 0 Å². The van der Waals surface area contributed by atoms with Gasteiger partial charge in [-0.2, -0.15) is 0 Å². The molecule has 0 spiro atoms. The van der Waals surface area contributed by atoms with E-state index in [-0.39, 0.29) is 12.4 Å². The van der Waals surface area contributed by atoms with Crippen LogP contribution in [0.25, 0.3) is 0 Å². The van der Waals surface area contributed by atoms with E-state index < -0.39 is 0 Å². The number of hydrogen-bond acceptors (Lipinski definition) is 1. The Morgan fingerprint density at radius 1 is 1.19 bits per heavy atom. The number of rotatable bonds is 7. The number of hydrogen-bond donors (Lipinski definition) is 1. The molecule has 1 aromatic rings. The first-order chi connectivity index (χ1) is 7.33. The van der Waals surface area contributed by atoms with Gasteiger partial charge in [-0.15, -0.1) is 0 Å². The van der Waals surface area contributed by atoms with Crippen LogP contribution in [0.1, 0.15) is 38.2 Å². The van der Waals surface area contributed by atoms with E-state index in [1.807, 2.05) is 0 Å². The van der Waals surface area contributed by atoms with Crippen molar-refractivity contribution in [3.63, 3.8) is 0 Å². The van der Waals surface area contributed by atoms with Gasteiger partial charge in [-0.1, -0.05) is 54.2 Å². The monoisotopic (exact) mass is 304 g/mol. The molecule has 0 saturated heterocycles. The van der Waals surface area contributed by atoms with E-state index in [4.69, 9.17) is 0 Å². The summed E-state index contributed by atoms with van der Waals surface area (Å²) in [5.74, 6) is 0. The van der Waals surface area contributed by atoms with Gasteiger partial charge in [0.2, 0.25) is 0 Å². The second kappa shape index (κ2) is 10.1. The molecule has 0 fully saturated rings. The normalized spacial score (nSPS) is 9.88. The lowest BCUT2D eigenvalue weighted by Crippen LogP contribution is -3.00. The molecule has 0 bridgehead atoms. The Morgan fingerprint density at radius 3 is 2.69 bits per heavy atom. The van der Waals surface area contributed by atoms with Crippen molar-refractivity contribution in [1.29, 1.82) is 0 Å². The van der Waals surface area contributed by atoms with Gasteiger partial charge in [0.1, 0.15) is 0 Å². The van der Waals surface area contributed by atoms with Crippen LogP contribution < -0.4 is 17.7 Å². The Kier molecular flexibility index (Phi) is 10.1. The first kappa shape index (κ1) is 16.0. The molecule has 0 heterocycles. The predicted molar refractivity (Wildman–Crippen MR) is 70.0 cm³/mol. The van der Waals surface area contributed by atoms with Crippen LogP contribution in [0.4, 0.5) is 0 Å².